The molecule has 0 saturated heterocycles. The van der Waals surface area contributed by atoms with Crippen LogP contribution in [0.1, 0.15) is 6.92 Å². The van der Waals surface area contributed by atoms with E-state index in [1.165, 1.54) is 0 Å². The predicted octanol–water partition coefficient (Wildman–Crippen LogP) is -0.324. The summed E-state index contributed by atoms with van der Waals surface area (Å²) in [5.41, 5.74) is 0. The van der Waals surface area contributed by atoms with Gasteiger partial charge >= 0.3 is 0 Å². The first kappa shape index (κ1) is 8.96. The van der Waals surface area contributed by atoms with E-state index in [0.29, 0.717) is 6.54 Å². The van der Waals surface area contributed by atoms with Crippen molar-refractivity contribution in [3.05, 3.63) is 10.4 Å². The maximum atomic E-state index is 10.4. The minimum atomic E-state index is -0.165. The fourth-order valence-corrected chi connectivity index (χ4v) is 0.532. The standard InChI is InChI=1S/C4H11N3O3/c1-2-6(3-4-8)7(10)5-9/h8-9H,2-4H2,1H3/p-1/b7-5-. The molecule has 0 unspecified atom stereocenters. The summed E-state index contributed by atoms with van der Waals surface area (Å²) in [5, 5.41) is 31.6. The molecule has 0 aliphatic carbocycles. The molecule has 0 aromatic carbocycles. The van der Waals surface area contributed by atoms with Crippen molar-refractivity contribution in [2.45, 2.75) is 6.92 Å². The van der Waals surface area contributed by atoms with Crippen molar-refractivity contribution in [3.8, 4) is 0 Å². The second-order valence-electron chi connectivity index (χ2n) is 1.60. The van der Waals surface area contributed by atoms with Crippen LogP contribution in [0.25, 0.3) is 0 Å². The van der Waals surface area contributed by atoms with Gasteiger partial charge in [0.05, 0.1) is 19.7 Å². The highest BCUT2D eigenvalue weighted by molar-refractivity contribution is 4.36. The van der Waals surface area contributed by atoms with Crippen molar-refractivity contribution >= 4 is 0 Å². The van der Waals surface area contributed by atoms with Crippen LogP contribution in [-0.2, 0) is 0 Å². The number of nitrogens with zero attached hydrogens (tertiary/aromatic N) is 3. The molecule has 0 heterocycles. The maximum Gasteiger partial charge on any atom is 0.0998 e. The third-order valence-electron chi connectivity index (χ3n) is 1.03. The molecule has 6 heteroatoms. The third-order valence-corrected chi connectivity index (χ3v) is 1.03. The van der Waals surface area contributed by atoms with Gasteiger partial charge in [-0.2, -0.15) is 0 Å². The molecule has 0 saturated carbocycles. The summed E-state index contributed by atoms with van der Waals surface area (Å²) in [6.45, 7) is 2.01. The van der Waals surface area contributed by atoms with Crippen LogP contribution in [0.3, 0.4) is 0 Å². The molecule has 0 amide bonds. The second-order valence-corrected chi connectivity index (χ2v) is 1.60. The number of aliphatic hydroxyl groups is 1. The van der Waals surface area contributed by atoms with Crippen molar-refractivity contribution in [1.82, 2.24) is 5.01 Å². The third kappa shape index (κ3) is 2.49. The molecule has 0 aliphatic rings. The molecular weight excluding hydrogens is 138 g/mol. The van der Waals surface area contributed by atoms with Gasteiger partial charge in [-0.25, -0.2) is 0 Å². The first-order chi connectivity index (χ1) is 4.76. The average molecular weight is 148 g/mol. The summed E-state index contributed by atoms with van der Waals surface area (Å²) in [5.74, 6) is 0. The zero-order valence-electron chi connectivity index (χ0n) is 5.73. The summed E-state index contributed by atoms with van der Waals surface area (Å²) in [6, 6.07) is 0. The van der Waals surface area contributed by atoms with E-state index in [2.05, 4.69) is 5.28 Å². The lowest BCUT2D eigenvalue weighted by Gasteiger charge is -2.15. The first-order valence-electron chi connectivity index (χ1n) is 2.92. The van der Waals surface area contributed by atoms with E-state index in [9.17, 15) is 10.4 Å². The average Bonchev–Trinajstić information content (AvgIpc) is 1.99. The van der Waals surface area contributed by atoms with E-state index >= 15 is 0 Å². The Labute approximate surface area is 58.5 Å². The molecule has 6 nitrogen and oxygen atoms in total. The van der Waals surface area contributed by atoms with Crippen molar-refractivity contribution in [2.75, 3.05) is 19.7 Å². The van der Waals surface area contributed by atoms with Crippen molar-refractivity contribution < 1.29 is 10.1 Å². The van der Waals surface area contributed by atoms with Crippen LogP contribution in [-0.4, -0.2) is 34.8 Å². The Bertz CT molecular complexity index is 116. The summed E-state index contributed by atoms with van der Waals surface area (Å²) in [6.07, 6.45) is 0. The number of hydrogen-bond acceptors (Lipinski definition) is 4. The summed E-state index contributed by atoms with van der Waals surface area (Å²) in [4.78, 5) is -0.0732. The van der Waals surface area contributed by atoms with Crippen LogP contribution in [0.4, 0.5) is 0 Å². The van der Waals surface area contributed by atoms with Gasteiger partial charge in [0.25, 0.3) is 0 Å². The van der Waals surface area contributed by atoms with Gasteiger partial charge in [-0.1, -0.05) is 0 Å². The molecule has 0 spiro atoms. The van der Waals surface area contributed by atoms with E-state index < -0.39 is 0 Å². The first-order valence-corrected chi connectivity index (χ1v) is 2.92. The number of likely N-dealkylation sites (N-methyl/N-ethyl adjacent to an activating group) is 1. The Morgan fingerprint density at radius 2 is 2.30 bits per heavy atom. The van der Waals surface area contributed by atoms with Crippen LogP contribution >= 0.6 is 0 Å². The fraction of sp³-hybridized carbons (Fsp3) is 1.00. The molecule has 60 valence electrons. The molecule has 0 aromatic heterocycles. The fourth-order valence-electron chi connectivity index (χ4n) is 0.532. The number of rotatable bonds is 4. The highest BCUT2D eigenvalue weighted by atomic mass is 16.6. The predicted molar refractivity (Wildman–Crippen MR) is 33.8 cm³/mol. The molecule has 0 rings (SSSR count). The summed E-state index contributed by atoms with van der Waals surface area (Å²) < 4.78 is 0. The van der Waals surface area contributed by atoms with Crippen LogP contribution in [0.2, 0.25) is 0 Å². The summed E-state index contributed by atoms with van der Waals surface area (Å²) in [7, 11) is 0. The zero-order chi connectivity index (χ0) is 7.98. The smallest absolute Gasteiger partial charge is 0.0998 e. The Balaban J connectivity index is 3.80. The van der Waals surface area contributed by atoms with Crippen LogP contribution in [0.15, 0.2) is 5.28 Å². The van der Waals surface area contributed by atoms with E-state index in [-0.39, 0.29) is 18.1 Å². The van der Waals surface area contributed by atoms with Gasteiger partial charge in [0, 0.05) is 4.97 Å². The van der Waals surface area contributed by atoms with Crippen molar-refractivity contribution in [3.63, 3.8) is 0 Å². The summed E-state index contributed by atoms with van der Waals surface area (Å²) >= 11 is 0. The highest BCUT2D eigenvalue weighted by Crippen LogP contribution is 1.87. The van der Waals surface area contributed by atoms with Gasteiger partial charge in [-0.05, 0) is 12.2 Å². The quantitative estimate of drug-likeness (QED) is 0.336. The minimum absolute atomic E-state index is 0.0732. The monoisotopic (exact) mass is 148 g/mol. The molecule has 0 aromatic rings. The van der Waals surface area contributed by atoms with Crippen LogP contribution in [0, 0.1) is 10.4 Å². The van der Waals surface area contributed by atoms with Crippen LogP contribution in [0.5, 0.6) is 0 Å². The lowest BCUT2D eigenvalue weighted by molar-refractivity contribution is -0.690. The molecule has 0 aliphatic heterocycles. The molecule has 0 atom stereocenters. The Kier molecular flexibility index (Phi) is 4.30. The van der Waals surface area contributed by atoms with E-state index in [1.807, 2.05) is 0 Å². The molecule has 0 bridgehead atoms. The van der Waals surface area contributed by atoms with Crippen molar-refractivity contribution in [2.24, 2.45) is 5.28 Å². The highest BCUT2D eigenvalue weighted by Gasteiger charge is 2.05. The van der Waals surface area contributed by atoms with Gasteiger partial charge in [-0.3, -0.25) is 0 Å². The molecule has 1 N–H and O–H groups in total. The second kappa shape index (κ2) is 4.80. The van der Waals surface area contributed by atoms with Gasteiger partial charge in [-0.15, -0.1) is 5.01 Å². The van der Waals surface area contributed by atoms with Gasteiger partial charge in [0.1, 0.15) is 0 Å². The Morgan fingerprint density at radius 3 is 2.60 bits per heavy atom. The zero-order valence-corrected chi connectivity index (χ0v) is 5.73. The van der Waals surface area contributed by atoms with Gasteiger partial charge in [0.15, 0.2) is 0 Å². The number of aliphatic hydroxyl groups excluding tert-OH is 1. The number of hydrogen-bond donors (Lipinski definition) is 1. The lowest BCUT2D eigenvalue weighted by atomic mass is 10.6. The minimum Gasteiger partial charge on any atom is -0.737 e. The lowest BCUT2D eigenvalue weighted by Crippen LogP contribution is -2.32. The molecule has 0 fully saturated rings. The molecule has 10 heavy (non-hydrogen) atoms. The van der Waals surface area contributed by atoms with Crippen molar-refractivity contribution in [1.29, 1.82) is 0 Å². The van der Waals surface area contributed by atoms with Gasteiger partial charge in [0.2, 0.25) is 0 Å². The SMILES string of the molecule is CCN(CCO)/[N+]([O-])=N/[O-]. The normalized spacial score (nSPS) is 11.6. The molecular formula is C4H10N3O3-. The number of hydrazine groups is 1. The topological polar surface area (TPSA) is 85.0 Å². The van der Waals surface area contributed by atoms with E-state index in [4.69, 9.17) is 5.11 Å². The Morgan fingerprint density at radius 1 is 1.70 bits per heavy atom. The van der Waals surface area contributed by atoms with E-state index in [0.717, 1.165) is 5.01 Å². The maximum absolute atomic E-state index is 10.4. The molecule has 0 radical (unpaired) electrons. The van der Waals surface area contributed by atoms with Gasteiger partial charge < -0.3 is 15.5 Å². The van der Waals surface area contributed by atoms with E-state index in [1.54, 1.807) is 6.92 Å². The Hall–Kier alpha value is -1.04. The largest absolute Gasteiger partial charge is 0.737 e. The van der Waals surface area contributed by atoms with Crippen LogP contribution < -0.4 is 0 Å².